The summed E-state index contributed by atoms with van der Waals surface area (Å²) in [6, 6.07) is 13.7. The molecule has 33 heavy (non-hydrogen) atoms. The van der Waals surface area contributed by atoms with Gasteiger partial charge in [0, 0.05) is 29.4 Å². The van der Waals surface area contributed by atoms with E-state index < -0.39 is 0 Å². The Labute approximate surface area is 194 Å². The van der Waals surface area contributed by atoms with Crippen LogP contribution in [0, 0.1) is 26.6 Å². The molecule has 2 heterocycles. The number of rotatable bonds is 6. The third kappa shape index (κ3) is 5.00. The molecule has 0 amide bonds. The van der Waals surface area contributed by atoms with Gasteiger partial charge in [-0.1, -0.05) is 39.0 Å². The van der Waals surface area contributed by atoms with Gasteiger partial charge in [0.1, 0.15) is 23.3 Å². The highest BCUT2D eigenvalue weighted by atomic mass is 19.1. The molecular formula is C27H32FN5. The second-order valence-electron chi connectivity index (χ2n) is 9.66. The van der Waals surface area contributed by atoms with Crippen molar-refractivity contribution >= 4 is 28.2 Å². The third-order valence-electron chi connectivity index (χ3n) is 5.97. The molecule has 0 saturated heterocycles. The normalized spacial score (nSPS) is 11.7. The first-order chi connectivity index (χ1) is 15.6. The lowest BCUT2D eigenvalue weighted by atomic mass is 9.87. The van der Waals surface area contributed by atoms with Crippen LogP contribution >= 0.6 is 0 Å². The van der Waals surface area contributed by atoms with Gasteiger partial charge in [0.05, 0.1) is 5.52 Å². The summed E-state index contributed by atoms with van der Waals surface area (Å²) < 4.78 is 14.2. The second-order valence-corrected chi connectivity index (χ2v) is 9.66. The van der Waals surface area contributed by atoms with E-state index in [1.807, 2.05) is 32.9 Å². The molecule has 0 atom stereocenters. The first kappa shape index (κ1) is 22.8. The number of anilines is 3. The molecule has 2 aromatic heterocycles. The summed E-state index contributed by atoms with van der Waals surface area (Å²) in [7, 11) is 0. The summed E-state index contributed by atoms with van der Waals surface area (Å²) in [5.74, 6) is 1.98. The maximum Gasteiger partial charge on any atom is 0.147 e. The van der Waals surface area contributed by atoms with Crippen LogP contribution in [0.25, 0.3) is 10.9 Å². The zero-order chi connectivity index (χ0) is 23.8. The molecule has 0 aliphatic carbocycles. The summed E-state index contributed by atoms with van der Waals surface area (Å²) in [6.45, 7) is 13.2. The van der Waals surface area contributed by atoms with Crippen LogP contribution < -0.4 is 10.6 Å². The van der Waals surface area contributed by atoms with Gasteiger partial charge in [-0.3, -0.25) is 0 Å². The van der Waals surface area contributed by atoms with Crippen LogP contribution in [-0.4, -0.2) is 21.5 Å². The Hall–Kier alpha value is -3.41. The zero-order valence-corrected chi connectivity index (χ0v) is 20.2. The van der Waals surface area contributed by atoms with E-state index in [2.05, 4.69) is 70.6 Å². The number of aryl methyl sites for hydroxylation is 3. The molecular weight excluding hydrogens is 413 g/mol. The van der Waals surface area contributed by atoms with Crippen molar-refractivity contribution in [2.75, 3.05) is 17.2 Å². The highest BCUT2D eigenvalue weighted by molar-refractivity contribution is 5.88. The van der Waals surface area contributed by atoms with Gasteiger partial charge in [-0.25, -0.2) is 14.4 Å². The number of benzene rings is 2. The van der Waals surface area contributed by atoms with Crippen molar-refractivity contribution < 1.29 is 4.39 Å². The molecule has 0 aliphatic heterocycles. The van der Waals surface area contributed by atoms with Gasteiger partial charge in [0.15, 0.2) is 0 Å². The molecule has 4 rings (SSSR count). The summed E-state index contributed by atoms with van der Waals surface area (Å²) in [6.07, 6.45) is 0.760. The molecule has 0 radical (unpaired) electrons. The summed E-state index contributed by atoms with van der Waals surface area (Å²) in [4.78, 5) is 12.3. The summed E-state index contributed by atoms with van der Waals surface area (Å²) >= 11 is 0. The number of H-pyrrole nitrogens is 1. The van der Waals surface area contributed by atoms with Crippen LogP contribution in [0.3, 0.4) is 0 Å². The number of aromatic amines is 1. The molecule has 0 fully saturated rings. The van der Waals surface area contributed by atoms with E-state index in [1.165, 1.54) is 11.6 Å². The molecule has 0 saturated carbocycles. The molecule has 0 unspecified atom stereocenters. The quantitative estimate of drug-likeness (QED) is 0.308. The van der Waals surface area contributed by atoms with Crippen LogP contribution in [0.4, 0.5) is 21.7 Å². The molecule has 5 nitrogen and oxygen atoms in total. The highest BCUT2D eigenvalue weighted by Gasteiger charge is 2.15. The number of aromatic nitrogens is 3. The lowest BCUT2D eigenvalue weighted by Gasteiger charge is -2.19. The van der Waals surface area contributed by atoms with Crippen molar-refractivity contribution in [1.82, 2.24) is 15.0 Å². The highest BCUT2D eigenvalue weighted by Crippen LogP contribution is 2.28. The maximum atomic E-state index is 14.2. The largest absolute Gasteiger partial charge is 0.370 e. The van der Waals surface area contributed by atoms with Crippen molar-refractivity contribution in [1.29, 1.82) is 0 Å². The van der Waals surface area contributed by atoms with Crippen LogP contribution in [0.5, 0.6) is 0 Å². The molecule has 6 heteroatoms. The molecule has 2 aromatic carbocycles. The number of hydrogen-bond acceptors (Lipinski definition) is 4. The summed E-state index contributed by atoms with van der Waals surface area (Å²) in [5, 5.41) is 7.76. The van der Waals surface area contributed by atoms with Crippen molar-refractivity contribution in [2.45, 2.75) is 53.4 Å². The molecule has 4 aromatic rings. The Morgan fingerprint density at radius 3 is 2.33 bits per heavy atom. The Bertz CT molecular complexity index is 1280. The topological polar surface area (TPSA) is 65.6 Å². The third-order valence-corrected chi connectivity index (χ3v) is 5.97. The smallest absolute Gasteiger partial charge is 0.147 e. The second kappa shape index (κ2) is 8.85. The number of nitrogens with zero attached hydrogens (tertiary/aromatic N) is 2. The lowest BCUT2D eigenvalue weighted by molar-refractivity contribution is 0.590. The molecule has 0 aliphatic rings. The van der Waals surface area contributed by atoms with E-state index in [4.69, 9.17) is 0 Å². The first-order valence-electron chi connectivity index (χ1n) is 11.3. The monoisotopic (exact) mass is 445 g/mol. The average molecular weight is 446 g/mol. The predicted octanol–water partition coefficient (Wildman–Crippen LogP) is 6.72. The van der Waals surface area contributed by atoms with Crippen LogP contribution in [0.15, 0.2) is 42.5 Å². The molecule has 3 N–H and O–H groups in total. The average Bonchev–Trinajstić information content (AvgIpc) is 3.08. The van der Waals surface area contributed by atoms with Gasteiger partial charge in [-0.15, -0.1) is 0 Å². The van der Waals surface area contributed by atoms with Crippen LogP contribution in [0.1, 0.15) is 49.0 Å². The fraction of sp³-hybridized carbons (Fsp3) is 0.333. The van der Waals surface area contributed by atoms with Gasteiger partial charge in [-0.2, -0.15) is 0 Å². The van der Waals surface area contributed by atoms with Gasteiger partial charge >= 0.3 is 0 Å². The van der Waals surface area contributed by atoms with E-state index in [0.29, 0.717) is 17.9 Å². The standard InChI is InChI=1S/C27H32FN5/c1-16-7-12-22(28)26-25(16)21(17(2)30-26)13-14-29-23-15-24(32-18(3)31-23)33-20-10-8-19(9-11-20)27(4,5)6/h7-12,15,30H,13-14H2,1-6H3,(H2,29,31,32,33). The summed E-state index contributed by atoms with van der Waals surface area (Å²) in [5.41, 5.74) is 6.19. The first-order valence-corrected chi connectivity index (χ1v) is 11.3. The predicted molar refractivity (Wildman–Crippen MR) is 135 cm³/mol. The minimum atomic E-state index is -0.212. The fourth-order valence-electron chi connectivity index (χ4n) is 4.19. The number of hydrogen-bond donors (Lipinski definition) is 3. The minimum Gasteiger partial charge on any atom is -0.370 e. The molecule has 0 spiro atoms. The van der Waals surface area contributed by atoms with E-state index in [0.717, 1.165) is 46.0 Å². The molecule has 0 bridgehead atoms. The van der Waals surface area contributed by atoms with E-state index in [9.17, 15) is 4.39 Å². The number of fused-ring (bicyclic) bond motifs is 1. The number of nitrogens with one attached hydrogen (secondary N) is 3. The van der Waals surface area contributed by atoms with Gasteiger partial charge < -0.3 is 15.6 Å². The number of halogens is 1. The maximum absolute atomic E-state index is 14.2. The SMILES string of the molecule is Cc1nc(NCCc2c(C)[nH]c3c(F)ccc(C)c23)cc(Nc2ccc(C(C)(C)C)cc2)n1. The van der Waals surface area contributed by atoms with Gasteiger partial charge in [-0.05, 0) is 67.5 Å². The Balaban J connectivity index is 1.47. The van der Waals surface area contributed by atoms with Gasteiger partial charge in [0.2, 0.25) is 0 Å². The van der Waals surface area contributed by atoms with Crippen molar-refractivity contribution in [2.24, 2.45) is 0 Å². The van der Waals surface area contributed by atoms with E-state index >= 15 is 0 Å². The Kier molecular flexibility index (Phi) is 6.11. The van der Waals surface area contributed by atoms with Crippen molar-refractivity contribution in [3.8, 4) is 0 Å². The molecule has 172 valence electrons. The van der Waals surface area contributed by atoms with E-state index in [-0.39, 0.29) is 11.2 Å². The van der Waals surface area contributed by atoms with Crippen molar-refractivity contribution in [3.63, 3.8) is 0 Å². The van der Waals surface area contributed by atoms with E-state index in [1.54, 1.807) is 0 Å². The van der Waals surface area contributed by atoms with Crippen LogP contribution in [-0.2, 0) is 11.8 Å². The van der Waals surface area contributed by atoms with Crippen LogP contribution in [0.2, 0.25) is 0 Å². The lowest BCUT2D eigenvalue weighted by Crippen LogP contribution is -2.11. The zero-order valence-electron chi connectivity index (χ0n) is 20.2. The Morgan fingerprint density at radius 2 is 1.64 bits per heavy atom. The minimum absolute atomic E-state index is 0.120. The van der Waals surface area contributed by atoms with Crippen molar-refractivity contribution in [3.05, 3.63) is 76.5 Å². The van der Waals surface area contributed by atoms with Gasteiger partial charge in [0.25, 0.3) is 0 Å². The Morgan fingerprint density at radius 1 is 0.939 bits per heavy atom. The fourth-order valence-corrected chi connectivity index (χ4v) is 4.19.